The lowest BCUT2D eigenvalue weighted by atomic mass is 9.85. The molecule has 2 unspecified atom stereocenters. The summed E-state index contributed by atoms with van der Waals surface area (Å²) in [5.41, 5.74) is 7.39. The number of hydrogen-bond donors (Lipinski definition) is 0. The van der Waals surface area contributed by atoms with Crippen LogP contribution in [0.5, 0.6) is 0 Å². The van der Waals surface area contributed by atoms with Crippen molar-refractivity contribution in [1.29, 1.82) is 0 Å². The van der Waals surface area contributed by atoms with Gasteiger partial charge in [-0.3, -0.25) is 9.88 Å². The van der Waals surface area contributed by atoms with E-state index in [9.17, 15) is 0 Å². The Hall–Kier alpha value is -2.13. The highest BCUT2D eigenvalue weighted by atomic mass is 15.2. The van der Waals surface area contributed by atoms with Gasteiger partial charge in [0.05, 0.1) is 0 Å². The van der Waals surface area contributed by atoms with Crippen molar-refractivity contribution in [3.8, 4) is 0 Å². The average Bonchev–Trinajstić information content (AvgIpc) is 3.06. The molecule has 0 saturated carbocycles. The molecule has 3 nitrogen and oxygen atoms in total. The zero-order valence-corrected chi connectivity index (χ0v) is 16.9. The molecular weight excluding hydrogens is 330 g/mol. The van der Waals surface area contributed by atoms with Gasteiger partial charge in [0.25, 0.3) is 0 Å². The first-order chi connectivity index (χ1) is 13.0. The minimum Gasteiger partial charge on any atom is -0.343 e. The smallest absolute Gasteiger partial charge is 0.0486 e. The van der Waals surface area contributed by atoms with Gasteiger partial charge in [-0.25, -0.2) is 0 Å². The van der Waals surface area contributed by atoms with Crippen molar-refractivity contribution in [2.45, 2.75) is 64.1 Å². The molecule has 5 rings (SSSR count). The first-order valence-electron chi connectivity index (χ1n) is 10.2. The van der Waals surface area contributed by atoms with Crippen LogP contribution in [0.25, 0.3) is 10.9 Å². The van der Waals surface area contributed by atoms with E-state index >= 15 is 0 Å². The number of fused-ring (bicyclic) bond motifs is 6. The number of rotatable bonds is 3. The third-order valence-corrected chi connectivity index (χ3v) is 6.99. The van der Waals surface area contributed by atoms with Gasteiger partial charge in [-0.2, -0.15) is 0 Å². The lowest BCUT2D eigenvalue weighted by Crippen LogP contribution is -2.35. The summed E-state index contributed by atoms with van der Waals surface area (Å²) in [5, 5.41) is 1.48. The molecule has 0 aliphatic carbocycles. The molecule has 2 bridgehead atoms. The molecule has 0 radical (unpaired) electrons. The number of benzene rings is 1. The maximum atomic E-state index is 4.21. The second-order valence-electron chi connectivity index (χ2n) is 9.20. The lowest BCUT2D eigenvalue weighted by molar-refractivity contribution is 0.220. The fourth-order valence-corrected chi connectivity index (χ4v) is 5.44. The van der Waals surface area contributed by atoms with Crippen molar-refractivity contribution < 1.29 is 0 Å². The molecule has 140 valence electrons. The SMILES string of the molecule is Cc1ccc2c(c1)c1c(n2CC(C)(C)c2ccncc2)CC2CCC1N2C. The highest BCUT2D eigenvalue weighted by Gasteiger charge is 2.41. The Kier molecular flexibility index (Phi) is 3.74. The molecule has 3 heteroatoms. The summed E-state index contributed by atoms with van der Waals surface area (Å²) >= 11 is 0. The molecule has 4 heterocycles. The Morgan fingerprint density at radius 1 is 1.11 bits per heavy atom. The molecule has 1 aromatic carbocycles. The molecule has 2 aromatic heterocycles. The number of aromatic nitrogens is 2. The van der Waals surface area contributed by atoms with Crippen LogP contribution in [0.15, 0.2) is 42.7 Å². The molecule has 2 aliphatic rings. The normalized spacial score (nSPS) is 22.4. The third kappa shape index (κ3) is 2.55. The van der Waals surface area contributed by atoms with Crippen molar-refractivity contribution in [1.82, 2.24) is 14.5 Å². The molecule has 27 heavy (non-hydrogen) atoms. The molecule has 0 N–H and O–H groups in total. The Balaban J connectivity index is 1.69. The summed E-state index contributed by atoms with van der Waals surface area (Å²) in [5.74, 6) is 0. The van der Waals surface area contributed by atoms with Crippen LogP contribution in [0.4, 0.5) is 0 Å². The number of hydrogen-bond acceptors (Lipinski definition) is 2. The summed E-state index contributed by atoms with van der Waals surface area (Å²) in [4.78, 5) is 6.84. The topological polar surface area (TPSA) is 21.1 Å². The molecular formula is C24H29N3. The summed E-state index contributed by atoms with van der Waals surface area (Å²) in [6, 6.07) is 12.7. The molecule has 2 atom stereocenters. The van der Waals surface area contributed by atoms with Crippen molar-refractivity contribution in [2.75, 3.05) is 7.05 Å². The van der Waals surface area contributed by atoms with Gasteiger partial charge in [0.2, 0.25) is 0 Å². The van der Waals surface area contributed by atoms with Crippen LogP contribution in [0.1, 0.15) is 55.1 Å². The minimum absolute atomic E-state index is 0.0654. The molecule has 3 aromatic rings. The maximum absolute atomic E-state index is 4.21. The van der Waals surface area contributed by atoms with Crippen LogP contribution in [0, 0.1) is 6.92 Å². The summed E-state index contributed by atoms with van der Waals surface area (Å²) < 4.78 is 2.64. The summed E-state index contributed by atoms with van der Waals surface area (Å²) in [6.07, 6.45) is 7.64. The molecule has 2 aliphatic heterocycles. The lowest BCUT2D eigenvalue weighted by Gasteiger charge is -2.34. The van der Waals surface area contributed by atoms with Gasteiger partial charge < -0.3 is 4.57 Å². The Morgan fingerprint density at radius 2 is 1.89 bits per heavy atom. The van der Waals surface area contributed by atoms with Crippen molar-refractivity contribution in [2.24, 2.45) is 0 Å². The fourth-order valence-electron chi connectivity index (χ4n) is 5.44. The van der Waals surface area contributed by atoms with Gasteiger partial charge in [-0.15, -0.1) is 0 Å². The fraction of sp³-hybridized carbons (Fsp3) is 0.458. The van der Waals surface area contributed by atoms with Crippen LogP contribution < -0.4 is 0 Å². The van der Waals surface area contributed by atoms with E-state index in [2.05, 4.69) is 72.6 Å². The van der Waals surface area contributed by atoms with Crippen LogP contribution in [0.2, 0.25) is 0 Å². The number of nitrogens with zero attached hydrogens (tertiary/aromatic N) is 3. The van der Waals surface area contributed by atoms with Crippen LogP contribution in [-0.2, 0) is 18.4 Å². The first kappa shape index (κ1) is 17.0. The van der Waals surface area contributed by atoms with E-state index in [1.165, 1.54) is 41.3 Å². The predicted molar refractivity (Wildman–Crippen MR) is 111 cm³/mol. The maximum Gasteiger partial charge on any atom is 0.0486 e. The highest BCUT2D eigenvalue weighted by molar-refractivity contribution is 5.87. The number of aryl methyl sites for hydroxylation is 1. The van der Waals surface area contributed by atoms with Crippen LogP contribution in [0.3, 0.4) is 0 Å². The molecule has 0 spiro atoms. The third-order valence-electron chi connectivity index (χ3n) is 6.99. The van der Waals surface area contributed by atoms with Crippen LogP contribution in [-0.4, -0.2) is 27.5 Å². The first-order valence-corrected chi connectivity index (χ1v) is 10.2. The average molecular weight is 360 g/mol. The Morgan fingerprint density at radius 3 is 2.67 bits per heavy atom. The molecule has 1 saturated heterocycles. The van der Waals surface area contributed by atoms with Crippen molar-refractivity contribution >= 4 is 10.9 Å². The van der Waals surface area contributed by atoms with Gasteiger partial charge in [-0.05, 0) is 62.2 Å². The standard InChI is InChI=1S/C24H29N3/c1-16-5-7-20-19(13-16)23-21-8-6-18(26(21)4)14-22(23)27(20)15-24(2,3)17-9-11-25-12-10-17/h5,7,9-13,18,21H,6,8,14-15H2,1-4H3. The number of likely N-dealkylation sites (N-methyl/N-ethyl adjacent to an activating group) is 1. The van der Waals surface area contributed by atoms with Gasteiger partial charge >= 0.3 is 0 Å². The van der Waals surface area contributed by atoms with E-state index in [0.29, 0.717) is 12.1 Å². The van der Waals surface area contributed by atoms with Gasteiger partial charge in [-0.1, -0.05) is 25.5 Å². The number of pyridine rings is 1. The highest BCUT2D eigenvalue weighted by Crippen LogP contribution is 2.47. The largest absolute Gasteiger partial charge is 0.343 e. The van der Waals surface area contributed by atoms with Gasteiger partial charge in [0.15, 0.2) is 0 Å². The van der Waals surface area contributed by atoms with Gasteiger partial charge in [0, 0.05) is 59.5 Å². The molecule has 0 amide bonds. The van der Waals surface area contributed by atoms with E-state index in [1.54, 1.807) is 11.3 Å². The van der Waals surface area contributed by atoms with Crippen molar-refractivity contribution in [3.05, 3.63) is 65.1 Å². The van der Waals surface area contributed by atoms with E-state index in [4.69, 9.17) is 0 Å². The van der Waals surface area contributed by atoms with Gasteiger partial charge in [0.1, 0.15) is 0 Å². The van der Waals surface area contributed by atoms with Crippen LogP contribution >= 0.6 is 0 Å². The quantitative estimate of drug-likeness (QED) is 0.655. The minimum atomic E-state index is 0.0654. The Bertz CT molecular complexity index is 999. The zero-order chi connectivity index (χ0) is 18.8. The monoisotopic (exact) mass is 359 g/mol. The van der Waals surface area contributed by atoms with E-state index in [0.717, 1.165) is 6.54 Å². The summed E-state index contributed by atoms with van der Waals surface area (Å²) in [6.45, 7) is 7.94. The Labute approximate surface area is 162 Å². The second-order valence-corrected chi connectivity index (χ2v) is 9.20. The van der Waals surface area contributed by atoms with E-state index in [1.807, 2.05) is 12.4 Å². The molecule has 1 fully saturated rings. The van der Waals surface area contributed by atoms with E-state index < -0.39 is 0 Å². The zero-order valence-electron chi connectivity index (χ0n) is 16.9. The van der Waals surface area contributed by atoms with E-state index in [-0.39, 0.29) is 5.41 Å². The van der Waals surface area contributed by atoms with Crippen molar-refractivity contribution in [3.63, 3.8) is 0 Å². The summed E-state index contributed by atoms with van der Waals surface area (Å²) in [7, 11) is 2.32. The predicted octanol–water partition coefficient (Wildman–Crippen LogP) is 5.01. The second kappa shape index (κ2) is 5.93.